The molecule has 158 valence electrons. The summed E-state index contributed by atoms with van der Waals surface area (Å²) in [5, 5.41) is 10.4. The van der Waals surface area contributed by atoms with Gasteiger partial charge in [0.25, 0.3) is 0 Å². The molecule has 1 aliphatic heterocycles. The first-order valence-electron chi connectivity index (χ1n) is 9.90. The zero-order valence-electron chi connectivity index (χ0n) is 17.0. The molecule has 0 amide bonds. The second-order valence-corrected chi connectivity index (χ2v) is 7.80. The van der Waals surface area contributed by atoms with Gasteiger partial charge in [-0.3, -0.25) is 4.79 Å². The van der Waals surface area contributed by atoms with Crippen LogP contribution in [0.2, 0.25) is 5.02 Å². The van der Waals surface area contributed by atoms with E-state index in [9.17, 15) is 10.1 Å². The fraction of sp³-hybridized carbons (Fsp3) is 0.250. The molecule has 7 heteroatoms. The molecule has 2 aliphatic rings. The molecule has 31 heavy (non-hydrogen) atoms. The Balaban J connectivity index is 1.68. The second kappa shape index (κ2) is 8.75. The Bertz CT molecular complexity index is 1150. The van der Waals surface area contributed by atoms with Crippen LogP contribution in [0.5, 0.6) is 11.5 Å². The minimum atomic E-state index is -0.586. The Hall–Kier alpha value is -3.43. The van der Waals surface area contributed by atoms with Crippen molar-refractivity contribution in [1.82, 2.24) is 0 Å². The number of carbonyl (C=O) groups is 1. The van der Waals surface area contributed by atoms with E-state index in [0.717, 1.165) is 11.1 Å². The highest BCUT2D eigenvalue weighted by Crippen LogP contribution is 2.45. The number of allylic oxidation sites excluding steroid dienone is 3. The largest absolute Gasteiger partial charge is 0.493 e. The SMILES string of the molecule is COc1cc(C2C(C#N)=C(N)OC3=C2C(=O)CCC3)ccc1OCc1cccc(Cl)c1. The first kappa shape index (κ1) is 20.8. The van der Waals surface area contributed by atoms with E-state index in [1.807, 2.05) is 24.3 Å². The van der Waals surface area contributed by atoms with Crippen molar-refractivity contribution in [2.75, 3.05) is 7.11 Å². The van der Waals surface area contributed by atoms with Crippen LogP contribution in [0, 0.1) is 11.3 Å². The third kappa shape index (κ3) is 4.10. The van der Waals surface area contributed by atoms with E-state index in [0.29, 0.717) is 53.7 Å². The molecule has 4 rings (SSSR count). The number of hydrogen-bond acceptors (Lipinski definition) is 6. The smallest absolute Gasteiger partial charge is 0.205 e. The van der Waals surface area contributed by atoms with Crippen LogP contribution in [0.3, 0.4) is 0 Å². The Morgan fingerprint density at radius 2 is 2.06 bits per heavy atom. The van der Waals surface area contributed by atoms with Gasteiger partial charge in [-0.15, -0.1) is 0 Å². The Kier molecular flexibility index (Phi) is 5.88. The molecule has 2 N–H and O–H groups in total. The maximum Gasteiger partial charge on any atom is 0.205 e. The van der Waals surface area contributed by atoms with Gasteiger partial charge >= 0.3 is 0 Å². The van der Waals surface area contributed by atoms with Crippen LogP contribution >= 0.6 is 11.6 Å². The van der Waals surface area contributed by atoms with E-state index in [2.05, 4.69) is 6.07 Å². The zero-order chi connectivity index (χ0) is 22.0. The van der Waals surface area contributed by atoms with E-state index in [1.54, 1.807) is 25.3 Å². The van der Waals surface area contributed by atoms with E-state index < -0.39 is 5.92 Å². The number of ketones is 1. The van der Waals surface area contributed by atoms with Crippen molar-refractivity contribution in [3.8, 4) is 17.6 Å². The molecule has 6 nitrogen and oxygen atoms in total. The van der Waals surface area contributed by atoms with Crippen LogP contribution in [-0.4, -0.2) is 12.9 Å². The lowest BCUT2D eigenvalue weighted by Crippen LogP contribution is -2.27. The number of carbonyl (C=O) groups excluding carboxylic acids is 1. The van der Waals surface area contributed by atoms with Crippen molar-refractivity contribution in [3.05, 3.63) is 81.4 Å². The van der Waals surface area contributed by atoms with Gasteiger partial charge in [-0.25, -0.2) is 0 Å². The number of hydrogen-bond donors (Lipinski definition) is 1. The minimum absolute atomic E-state index is 0.0215. The molecule has 0 aromatic heterocycles. The summed E-state index contributed by atoms with van der Waals surface area (Å²) in [7, 11) is 1.54. The first-order chi connectivity index (χ1) is 15.0. The second-order valence-electron chi connectivity index (χ2n) is 7.37. The lowest BCUT2D eigenvalue weighted by atomic mass is 9.77. The van der Waals surface area contributed by atoms with Crippen LogP contribution in [0.25, 0.3) is 0 Å². The summed E-state index contributed by atoms with van der Waals surface area (Å²) >= 11 is 6.04. The number of methoxy groups -OCH3 is 1. The number of benzene rings is 2. The number of rotatable bonds is 5. The van der Waals surface area contributed by atoms with Gasteiger partial charge in [0, 0.05) is 23.4 Å². The zero-order valence-corrected chi connectivity index (χ0v) is 17.7. The number of nitrogens with zero attached hydrogens (tertiary/aromatic N) is 1. The normalized spacial score (nSPS) is 18.2. The summed E-state index contributed by atoms with van der Waals surface area (Å²) in [6.45, 7) is 0.317. The summed E-state index contributed by atoms with van der Waals surface area (Å²) in [4.78, 5) is 12.7. The van der Waals surface area contributed by atoms with Gasteiger partial charge in [0.2, 0.25) is 5.88 Å². The van der Waals surface area contributed by atoms with Crippen molar-refractivity contribution >= 4 is 17.4 Å². The van der Waals surface area contributed by atoms with Gasteiger partial charge in [-0.2, -0.15) is 5.26 Å². The van der Waals surface area contributed by atoms with Crippen LogP contribution in [0.15, 0.2) is 65.3 Å². The van der Waals surface area contributed by atoms with Crippen LogP contribution in [-0.2, 0) is 16.1 Å². The number of nitriles is 1. The monoisotopic (exact) mass is 436 g/mol. The molecule has 1 aliphatic carbocycles. The Morgan fingerprint density at radius 3 is 2.81 bits per heavy atom. The highest BCUT2D eigenvalue weighted by Gasteiger charge is 2.38. The summed E-state index contributed by atoms with van der Waals surface area (Å²) in [5.41, 5.74) is 8.39. The lowest BCUT2D eigenvalue weighted by Gasteiger charge is -2.31. The van der Waals surface area contributed by atoms with E-state index in [1.165, 1.54) is 0 Å². The van der Waals surface area contributed by atoms with E-state index >= 15 is 0 Å². The molecule has 2 aromatic rings. The third-order valence-corrected chi connectivity index (χ3v) is 5.64. The van der Waals surface area contributed by atoms with Crippen molar-refractivity contribution in [1.29, 1.82) is 5.26 Å². The highest BCUT2D eigenvalue weighted by molar-refractivity contribution is 6.30. The van der Waals surface area contributed by atoms with Gasteiger partial charge in [0.15, 0.2) is 17.3 Å². The molecule has 0 saturated carbocycles. The molecule has 0 bridgehead atoms. The number of ether oxygens (including phenoxy) is 3. The quantitative estimate of drug-likeness (QED) is 0.727. The van der Waals surface area contributed by atoms with Crippen molar-refractivity contribution in [2.24, 2.45) is 5.73 Å². The summed E-state index contributed by atoms with van der Waals surface area (Å²) < 4.78 is 17.1. The Labute approximate surface area is 185 Å². The molecule has 0 fully saturated rings. The van der Waals surface area contributed by atoms with Crippen LogP contribution < -0.4 is 15.2 Å². The van der Waals surface area contributed by atoms with E-state index in [4.69, 9.17) is 31.5 Å². The maximum atomic E-state index is 12.7. The molecular weight excluding hydrogens is 416 g/mol. The van der Waals surface area contributed by atoms with Crippen LogP contribution in [0.4, 0.5) is 0 Å². The fourth-order valence-electron chi connectivity index (χ4n) is 3.96. The summed E-state index contributed by atoms with van der Waals surface area (Å²) in [6, 6.07) is 14.9. The van der Waals surface area contributed by atoms with Crippen molar-refractivity contribution in [2.45, 2.75) is 31.8 Å². The number of halogens is 1. The average molecular weight is 437 g/mol. The molecule has 1 unspecified atom stereocenters. The van der Waals surface area contributed by atoms with Gasteiger partial charge in [-0.05, 0) is 41.8 Å². The molecule has 2 aromatic carbocycles. The number of nitrogens with two attached hydrogens (primary N) is 1. The van der Waals surface area contributed by atoms with Gasteiger partial charge in [0.1, 0.15) is 24.0 Å². The first-order valence-corrected chi connectivity index (χ1v) is 10.3. The molecule has 0 radical (unpaired) electrons. The van der Waals surface area contributed by atoms with E-state index in [-0.39, 0.29) is 17.2 Å². The standard InChI is InChI=1S/C24H21ClN2O4/c1-29-21-11-15(8-9-19(21)30-13-14-4-2-5-16(25)10-14)22-17(12-26)24(27)31-20-7-3-6-18(28)23(20)22/h2,4-5,8-11,22H,3,6-7,13,27H2,1H3. The fourth-order valence-corrected chi connectivity index (χ4v) is 4.17. The average Bonchev–Trinajstić information content (AvgIpc) is 2.77. The number of Topliss-reactive ketones (excluding diaryl/α,β-unsaturated/α-hetero) is 1. The van der Waals surface area contributed by atoms with Crippen LogP contribution in [0.1, 0.15) is 36.3 Å². The molecule has 0 saturated heterocycles. The topological polar surface area (TPSA) is 94.6 Å². The lowest BCUT2D eigenvalue weighted by molar-refractivity contribution is -0.116. The highest BCUT2D eigenvalue weighted by atomic mass is 35.5. The molecular formula is C24H21ClN2O4. The molecule has 1 atom stereocenters. The van der Waals surface area contributed by atoms with Crippen molar-refractivity contribution < 1.29 is 19.0 Å². The molecule has 1 heterocycles. The summed E-state index contributed by atoms with van der Waals surface area (Å²) in [6.07, 6.45) is 1.75. The Morgan fingerprint density at radius 1 is 1.23 bits per heavy atom. The van der Waals surface area contributed by atoms with Gasteiger partial charge < -0.3 is 19.9 Å². The maximum absolute atomic E-state index is 12.7. The van der Waals surface area contributed by atoms with Crippen molar-refractivity contribution in [3.63, 3.8) is 0 Å². The predicted molar refractivity (Wildman–Crippen MR) is 115 cm³/mol. The third-order valence-electron chi connectivity index (χ3n) is 5.41. The molecule has 0 spiro atoms. The summed E-state index contributed by atoms with van der Waals surface area (Å²) in [5.74, 6) is 1.02. The predicted octanol–water partition coefficient (Wildman–Crippen LogP) is 4.74. The van der Waals surface area contributed by atoms with Gasteiger partial charge in [0.05, 0.1) is 13.0 Å². The van der Waals surface area contributed by atoms with Gasteiger partial charge in [-0.1, -0.05) is 29.8 Å². The minimum Gasteiger partial charge on any atom is -0.493 e.